The summed E-state index contributed by atoms with van der Waals surface area (Å²) < 4.78 is 5.45. The van der Waals surface area contributed by atoms with Crippen LogP contribution in [0.1, 0.15) is 44.0 Å². The number of benzene rings is 2. The molecule has 0 radical (unpaired) electrons. The summed E-state index contributed by atoms with van der Waals surface area (Å²) in [4.78, 5) is 49.8. The molecule has 0 aliphatic carbocycles. The Morgan fingerprint density at radius 3 is 2.50 bits per heavy atom. The van der Waals surface area contributed by atoms with Gasteiger partial charge in [-0.05, 0) is 33.7 Å². The standard InChI is InChI=1S/C24H20N10O4/c1-12-29-16-8-13(2-7-19(16)38-12)10-26-23(36)17-9-18(28-11-27-17)24(37)30-20(21(25)35)14-3-5-15(6-4-14)22-31-33-34-32-22/h2-9,11,20H,10H2,1H3,(H2,25,35)(H,26,36)(H,30,37)(H,31,32,33,34)/t20-/m1/s1. The van der Waals surface area contributed by atoms with Crippen LogP contribution < -0.4 is 16.4 Å². The van der Waals surface area contributed by atoms with E-state index in [4.69, 9.17) is 10.2 Å². The molecule has 3 aromatic heterocycles. The lowest BCUT2D eigenvalue weighted by Crippen LogP contribution is -2.38. The fraction of sp³-hybridized carbons (Fsp3) is 0.125. The van der Waals surface area contributed by atoms with E-state index >= 15 is 0 Å². The highest BCUT2D eigenvalue weighted by Gasteiger charge is 2.23. The molecule has 14 heteroatoms. The van der Waals surface area contributed by atoms with E-state index in [-0.39, 0.29) is 17.9 Å². The Morgan fingerprint density at radius 2 is 1.79 bits per heavy atom. The van der Waals surface area contributed by atoms with Gasteiger partial charge in [-0.2, -0.15) is 0 Å². The first kappa shape index (κ1) is 24.2. The van der Waals surface area contributed by atoms with Crippen molar-refractivity contribution in [3.05, 3.63) is 83.3 Å². The van der Waals surface area contributed by atoms with Crippen molar-refractivity contribution in [3.8, 4) is 11.4 Å². The van der Waals surface area contributed by atoms with Crippen molar-refractivity contribution in [3.63, 3.8) is 0 Å². The van der Waals surface area contributed by atoms with Crippen LogP contribution in [-0.2, 0) is 11.3 Å². The van der Waals surface area contributed by atoms with E-state index in [1.165, 1.54) is 6.07 Å². The fourth-order valence-electron chi connectivity index (χ4n) is 3.72. The number of hydrogen-bond acceptors (Lipinski definition) is 10. The molecule has 5 rings (SSSR count). The zero-order valence-electron chi connectivity index (χ0n) is 19.9. The van der Waals surface area contributed by atoms with Gasteiger partial charge >= 0.3 is 0 Å². The van der Waals surface area contributed by atoms with Gasteiger partial charge in [0.15, 0.2) is 17.3 Å². The van der Waals surface area contributed by atoms with Crippen LogP contribution >= 0.6 is 0 Å². The third-order valence-corrected chi connectivity index (χ3v) is 5.57. The van der Waals surface area contributed by atoms with Gasteiger partial charge in [0.05, 0.1) is 0 Å². The van der Waals surface area contributed by atoms with E-state index in [2.05, 4.69) is 46.2 Å². The Hall–Kier alpha value is -5.53. The molecular weight excluding hydrogens is 492 g/mol. The minimum absolute atomic E-state index is 0.0239. The number of tetrazole rings is 1. The highest BCUT2D eigenvalue weighted by atomic mass is 16.3. The molecule has 0 aliphatic heterocycles. The van der Waals surface area contributed by atoms with Crippen LogP contribution in [0.15, 0.2) is 59.3 Å². The number of H-pyrrole nitrogens is 1. The van der Waals surface area contributed by atoms with Gasteiger partial charge in [-0.1, -0.05) is 30.3 Å². The predicted octanol–water partition coefficient (Wildman–Crippen LogP) is 0.993. The number of nitrogens with zero attached hydrogens (tertiary/aromatic N) is 6. The molecule has 3 amide bonds. The summed E-state index contributed by atoms with van der Waals surface area (Å²) in [6, 6.07) is 12.1. The summed E-state index contributed by atoms with van der Waals surface area (Å²) >= 11 is 0. The summed E-state index contributed by atoms with van der Waals surface area (Å²) in [6.45, 7) is 1.96. The van der Waals surface area contributed by atoms with E-state index in [9.17, 15) is 14.4 Å². The number of aromatic amines is 1. The SMILES string of the molecule is Cc1nc2cc(CNC(=O)c3cc(C(=O)N[C@@H](C(N)=O)c4ccc(-c5nnn[nH]5)cc4)ncn3)ccc2o1. The van der Waals surface area contributed by atoms with E-state index in [0.29, 0.717) is 33.9 Å². The number of carbonyl (C=O) groups is 3. The second-order valence-corrected chi connectivity index (χ2v) is 8.19. The molecule has 0 unspecified atom stereocenters. The predicted molar refractivity (Wildman–Crippen MR) is 131 cm³/mol. The van der Waals surface area contributed by atoms with Crippen molar-refractivity contribution in [1.82, 2.24) is 46.2 Å². The van der Waals surface area contributed by atoms with Crippen LogP contribution in [0.2, 0.25) is 0 Å². The molecule has 0 fully saturated rings. The maximum atomic E-state index is 12.9. The Kier molecular flexibility index (Phi) is 6.50. The number of nitrogens with two attached hydrogens (primary N) is 1. The normalized spacial score (nSPS) is 11.7. The number of nitrogens with one attached hydrogen (secondary N) is 3. The van der Waals surface area contributed by atoms with Gasteiger partial charge in [-0.25, -0.2) is 20.1 Å². The zero-order chi connectivity index (χ0) is 26.6. The lowest BCUT2D eigenvalue weighted by molar-refractivity contribution is -0.120. The van der Waals surface area contributed by atoms with Crippen molar-refractivity contribution in [2.24, 2.45) is 5.73 Å². The number of primary amides is 1. The molecule has 0 bridgehead atoms. The first-order valence-corrected chi connectivity index (χ1v) is 11.3. The zero-order valence-corrected chi connectivity index (χ0v) is 19.9. The van der Waals surface area contributed by atoms with Crippen LogP contribution in [0.5, 0.6) is 0 Å². The molecule has 0 spiro atoms. The van der Waals surface area contributed by atoms with E-state index in [1.807, 2.05) is 12.1 Å². The summed E-state index contributed by atoms with van der Waals surface area (Å²) in [6.07, 6.45) is 1.09. The molecule has 2 aromatic carbocycles. The van der Waals surface area contributed by atoms with Gasteiger partial charge in [0, 0.05) is 25.1 Å². The van der Waals surface area contributed by atoms with Crippen LogP contribution in [-0.4, -0.2) is 53.3 Å². The summed E-state index contributed by atoms with van der Waals surface area (Å²) in [7, 11) is 0. The van der Waals surface area contributed by atoms with Crippen LogP contribution in [0.25, 0.3) is 22.5 Å². The van der Waals surface area contributed by atoms with Gasteiger partial charge in [-0.15, -0.1) is 5.10 Å². The molecule has 0 saturated heterocycles. The molecule has 1 atom stereocenters. The molecule has 3 heterocycles. The Morgan fingerprint density at radius 1 is 1.03 bits per heavy atom. The van der Waals surface area contributed by atoms with Gasteiger partial charge in [0.2, 0.25) is 5.91 Å². The van der Waals surface area contributed by atoms with E-state index < -0.39 is 23.8 Å². The average Bonchev–Trinajstić information content (AvgIpc) is 3.59. The van der Waals surface area contributed by atoms with Gasteiger partial charge in [0.1, 0.15) is 29.3 Å². The van der Waals surface area contributed by atoms with Crippen molar-refractivity contribution in [1.29, 1.82) is 0 Å². The lowest BCUT2D eigenvalue weighted by atomic mass is 10.0. The van der Waals surface area contributed by atoms with Crippen molar-refractivity contribution >= 4 is 28.8 Å². The van der Waals surface area contributed by atoms with Gasteiger partial charge < -0.3 is 20.8 Å². The highest BCUT2D eigenvalue weighted by molar-refractivity contribution is 5.99. The molecule has 190 valence electrons. The van der Waals surface area contributed by atoms with Crippen LogP contribution in [0, 0.1) is 6.92 Å². The van der Waals surface area contributed by atoms with Crippen molar-refractivity contribution < 1.29 is 18.8 Å². The third kappa shape index (κ3) is 5.18. The number of rotatable bonds is 8. The summed E-state index contributed by atoms with van der Waals surface area (Å²) in [5.74, 6) is -1.01. The maximum Gasteiger partial charge on any atom is 0.270 e. The monoisotopic (exact) mass is 512 g/mol. The number of fused-ring (bicyclic) bond motifs is 1. The Bertz CT molecular complexity index is 1630. The minimum Gasteiger partial charge on any atom is -0.441 e. The molecule has 14 nitrogen and oxygen atoms in total. The Labute approximate surface area is 214 Å². The molecule has 0 aliphatic rings. The van der Waals surface area contributed by atoms with Gasteiger partial charge in [-0.3, -0.25) is 14.4 Å². The largest absolute Gasteiger partial charge is 0.441 e. The summed E-state index contributed by atoms with van der Waals surface area (Å²) in [5, 5.41) is 18.8. The van der Waals surface area contributed by atoms with Gasteiger partial charge in [0.25, 0.3) is 11.8 Å². The number of aromatic nitrogens is 7. The second kappa shape index (κ2) is 10.2. The quantitative estimate of drug-likeness (QED) is 0.232. The number of amides is 3. The van der Waals surface area contributed by atoms with Crippen molar-refractivity contribution in [2.75, 3.05) is 0 Å². The first-order chi connectivity index (χ1) is 18.4. The molecule has 38 heavy (non-hydrogen) atoms. The smallest absolute Gasteiger partial charge is 0.270 e. The first-order valence-electron chi connectivity index (χ1n) is 11.3. The van der Waals surface area contributed by atoms with Crippen LogP contribution in [0.3, 0.4) is 0 Å². The highest BCUT2D eigenvalue weighted by Crippen LogP contribution is 2.19. The van der Waals surface area contributed by atoms with Crippen LogP contribution in [0.4, 0.5) is 0 Å². The number of carbonyl (C=O) groups excluding carboxylic acids is 3. The van der Waals surface area contributed by atoms with E-state index in [1.54, 1.807) is 37.3 Å². The molecule has 5 N–H and O–H groups in total. The average molecular weight is 512 g/mol. The third-order valence-electron chi connectivity index (χ3n) is 5.57. The molecule has 5 aromatic rings. The molecular formula is C24H20N10O4. The maximum absolute atomic E-state index is 12.9. The number of hydrogen-bond donors (Lipinski definition) is 4. The topological polar surface area (TPSA) is 208 Å². The molecule has 0 saturated carbocycles. The van der Waals surface area contributed by atoms with Crippen molar-refractivity contribution in [2.45, 2.75) is 19.5 Å². The Balaban J connectivity index is 1.26. The van der Waals surface area contributed by atoms with E-state index in [0.717, 1.165) is 11.9 Å². The lowest BCUT2D eigenvalue weighted by Gasteiger charge is -2.16. The second-order valence-electron chi connectivity index (χ2n) is 8.19. The number of oxazole rings is 1. The fourth-order valence-corrected chi connectivity index (χ4v) is 3.72. The number of aryl methyl sites for hydroxylation is 1. The summed E-state index contributed by atoms with van der Waals surface area (Å²) in [5.41, 5.74) is 8.66. The minimum atomic E-state index is -1.15.